The molecule has 0 unspecified atom stereocenters. The van der Waals surface area contributed by atoms with E-state index in [1.165, 1.54) is 4.88 Å². The van der Waals surface area contributed by atoms with E-state index >= 15 is 0 Å². The molecule has 0 N–H and O–H groups in total. The number of thiazole rings is 1. The van der Waals surface area contributed by atoms with Crippen LogP contribution in [0.4, 0.5) is 0 Å². The second kappa shape index (κ2) is 4.87. The van der Waals surface area contributed by atoms with Crippen molar-refractivity contribution in [1.29, 1.82) is 0 Å². The molecule has 4 heteroatoms. The van der Waals surface area contributed by atoms with Gasteiger partial charge in [0.1, 0.15) is 5.01 Å². The Bertz CT molecular complexity index is 735. The Morgan fingerprint density at radius 3 is 2.79 bits per heavy atom. The fraction of sp³-hybridized carbons (Fsp3) is 0.200. The maximum Gasteiger partial charge on any atom is 0.171 e. The van der Waals surface area contributed by atoms with E-state index in [9.17, 15) is 4.79 Å². The van der Waals surface area contributed by atoms with Crippen LogP contribution in [0.15, 0.2) is 29.6 Å². The molecule has 0 atom stereocenters. The van der Waals surface area contributed by atoms with Gasteiger partial charge < -0.3 is 0 Å². The minimum atomic E-state index is 0.159. The topological polar surface area (TPSA) is 30.0 Å². The first-order chi connectivity index (χ1) is 9.15. The predicted octanol–water partition coefficient (Wildman–Crippen LogP) is 4.40. The summed E-state index contributed by atoms with van der Waals surface area (Å²) >= 11 is 3.24. The molecule has 0 bridgehead atoms. The Kier molecular flexibility index (Phi) is 3.21. The molecule has 0 fully saturated rings. The van der Waals surface area contributed by atoms with Crippen LogP contribution < -0.4 is 0 Å². The highest BCUT2D eigenvalue weighted by atomic mass is 32.1. The Morgan fingerprint density at radius 1 is 1.26 bits per heavy atom. The molecule has 2 aromatic heterocycles. The number of Topliss-reactive ketones (excluding diaryl/α,β-unsaturated/α-hetero) is 1. The van der Waals surface area contributed by atoms with E-state index < -0.39 is 0 Å². The second-order valence-electron chi connectivity index (χ2n) is 4.49. The fourth-order valence-electron chi connectivity index (χ4n) is 2.04. The molecule has 0 aliphatic rings. The smallest absolute Gasteiger partial charge is 0.171 e. The first-order valence-corrected chi connectivity index (χ1v) is 7.77. The lowest BCUT2D eigenvalue weighted by Crippen LogP contribution is -2.02. The van der Waals surface area contributed by atoms with Crippen molar-refractivity contribution in [1.82, 2.24) is 4.98 Å². The summed E-state index contributed by atoms with van der Waals surface area (Å²) in [6, 6.07) is 8.04. The third-order valence-corrected chi connectivity index (χ3v) is 5.20. The lowest BCUT2D eigenvalue weighted by molar-refractivity contribution is 0.0995. The highest BCUT2D eigenvalue weighted by molar-refractivity contribution is 7.17. The van der Waals surface area contributed by atoms with E-state index in [0.29, 0.717) is 6.42 Å². The molecule has 19 heavy (non-hydrogen) atoms. The first-order valence-electron chi connectivity index (χ1n) is 6.07. The van der Waals surface area contributed by atoms with Gasteiger partial charge in [-0.3, -0.25) is 4.79 Å². The van der Waals surface area contributed by atoms with Gasteiger partial charge in [-0.2, -0.15) is 0 Å². The van der Waals surface area contributed by atoms with Crippen LogP contribution in [0.2, 0.25) is 0 Å². The molecule has 0 radical (unpaired) electrons. The van der Waals surface area contributed by atoms with Crippen molar-refractivity contribution in [3.63, 3.8) is 0 Å². The molecule has 2 nitrogen and oxygen atoms in total. The molecule has 1 aromatic carbocycles. The van der Waals surface area contributed by atoms with Crippen LogP contribution in [-0.4, -0.2) is 10.8 Å². The summed E-state index contributed by atoms with van der Waals surface area (Å²) < 4.78 is 1.16. The third kappa shape index (κ3) is 2.33. The third-order valence-electron chi connectivity index (χ3n) is 3.17. The number of benzene rings is 1. The molecule has 0 aliphatic heterocycles. The number of hydrogen-bond acceptors (Lipinski definition) is 4. The highest BCUT2D eigenvalue weighted by Gasteiger charge is 2.15. The van der Waals surface area contributed by atoms with Gasteiger partial charge in [0, 0.05) is 25.9 Å². The van der Waals surface area contributed by atoms with Crippen LogP contribution in [0.1, 0.15) is 25.9 Å². The summed E-state index contributed by atoms with van der Waals surface area (Å²) in [7, 11) is 0. The molecule has 0 aliphatic carbocycles. The van der Waals surface area contributed by atoms with Gasteiger partial charge >= 0.3 is 0 Å². The zero-order valence-corrected chi connectivity index (χ0v) is 12.4. The van der Waals surface area contributed by atoms with Crippen LogP contribution >= 0.6 is 22.7 Å². The summed E-state index contributed by atoms with van der Waals surface area (Å²) in [6.07, 6.45) is 0.403. The number of carbonyl (C=O) groups excluding carboxylic acids is 1. The van der Waals surface area contributed by atoms with Crippen LogP contribution in [0, 0.1) is 13.8 Å². The van der Waals surface area contributed by atoms with E-state index in [4.69, 9.17) is 0 Å². The molecule has 3 rings (SSSR count). The van der Waals surface area contributed by atoms with Crippen molar-refractivity contribution in [2.24, 2.45) is 0 Å². The quantitative estimate of drug-likeness (QED) is 0.668. The van der Waals surface area contributed by atoms with E-state index in [2.05, 4.69) is 11.1 Å². The summed E-state index contributed by atoms with van der Waals surface area (Å²) in [6.45, 7) is 4.03. The number of ketones is 1. The van der Waals surface area contributed by atoms with E-state index in [1.54, 1.807) is 22.7 Å². The van der Waals surface area contributed by atoms with E-state index in [-0.39, 0.29) is 5.78 Å². The lowest BCUT2D eigenvalue weighted by atomic mass is 10.1. The van der Waals surface area contributed by atoms with Gasteiger partial charge in [-0.05, 0) is 19.9 Å². The number of thiophene rings is 1. The number of fused-ring (bicyclic) bond motifs is 1. The van der Waals surface area contributed by atoms with Gasteiger partial charge in [-0.1, -0.05) is 18.2 Å². The molecule has 3 aromatic rings. The maximum absolute atomic E-state index is 12.4. The monoisotopic (exact) mass is 287 g/mol. The average molecular weight is 287 g/mol. The molecule has 2 heterocycles. The Hall–Kier alpha value is -1.52. The van der Waals surface area contributed by atoms with Gasteiger partial charge in [0.05, 0.1) is 12.1 Å². The standard InChI is InChI=1S/C15H13NOS2/c1-9-10(2)19-15(16-9)7-13(17)12-8-18-14-6-4-3-5-11(12)14/h3-6,8H,7H2,1-2H3. The number of aromatic nitrogens is 1. The Morgan fingerprint density at radius 2 is 2.05 bits per heavy atom. The summed E-state index contributed by atoms with van der Waals surface area (Å²) in [5.74, 6) is 0.159. The molecule has 0 amide bonds. The number of carbonyl (C=O) groups is 1. The number of nitrogens with zero attached hydrogens (tertiary/aromatic N) is 1. The van der Waals surface area contributed by atoms with Crippen LogP contribution in [0.3, 0.4) is 0 Å². The molecule has 0 spiro atoms. The highest BCUT2D eigenvalue weighted by Crippen LogP contribution is 2.27. The van der Waals surface area contributed by atoms with Crippen molar-refractivity contribution < 1.29 is 4.79 Å². The van der Waals surface area contributed by atoms with Gasteiger partial charge in [0.25, 0.3) is 0 Å². The van der Waals surface area contributed by atoms with Gasteiger partial charge in [0.15, 0.2) is 5.78 Å². The van der Waals surface area contributed by atoms with Crippen LogP contribution in [-0.2, 0) is 6.42 Å². The maximum atomic E-state index is 12.4. The van der Waals surface area contributed by atoms with Crippen molar-refractivity contribution in [3.05, 3.63) is 50.8 Å². The predicted molar refractivity (Wildman–Crippen MR) is 81.4 cm³/mol. The average Bonchev–Trinajstić information content (AvgIpc) is 2.94. The van der Waals surface area contributed by atoms with Gasteiger partial charge in [0.2, 0.25) is 0 Å². The van der Waals surface area contributed by atoms with Crippen molar-refractivity contribution >= 4 is 38.5 Å². The van der Waals surface area contributed by atoms with Crippen LogP contribution in [0.5, 0.6) is 0 Å². The Labute approximate surface area is 119 Å². The first kappa shape index (κ1) is 12.5. The normalized spacial score (nSPS) is 11.1. The molecule has 96 valence electrons. The van der Waals surface area contributed by atoms with E-state index in [1.807, 2.05) is 37.4 Å². The van der Waals surface area contributed by atoms with E-state index in [0.717, 1.165) is 26.4 Å². The van der Waals surface area contributed by atoms with Crippen molar-refractivity contribution in [2.75, 3.05) is 0 Å². The van der Waals surface area contributed by atoms with Gasteiger partial charge in [-0.25, -0.2) is 4.98 Å². The van der Waals surface area contributed by atoms with Crippen LogP contribution in [0.25, 0.3) is 10.1 Å². The zero-order valence-electron chi connectivity index (χ0n) is 10.8. The SMILES string of the molecule is Cc1nc(CC(=O)c2csc3ccccc23)sc1C. The second-order valence-corrected chi connectivity index (χ2v) is 6.69. The van der Waals surface area contributed by atoms with Crippen molar-refractivity contribution in [3.8, 4) is 0 Å². The molecular formula is C15H13NOS2. The largest absolute Gasteiger partial charge is 0.294 e. The van der Waals surface area contributed by atoms with Gasteiger partial charge in [-0.15, -0.1) is 22.7 Å². The van der Waals surface area contributed by atoms with Crippen molar-refractivity contribution in [2.45, 2.75) is 20.3 Å². The Balaban J connectivity index is 1.92. The molecule has 0 saturated heterocycles. The molecule has 0 saturated carbocycles. The minimum Gasteiger partial charge on any atom is -0.294 e. The summed E-state index contributed by atoms with van der Waals surface area (Å²) in [5.41, 5.74) is 1.86. The minimum absolute atomic E-state index is 0.159. The summed E-state index contributed by atoms with van der Waals surface area (Å²) in [4.78, 5) is 18.0. The number of aryl methyl sites for hydroxylation is 2. The number of rotatable bonds is 3. The number of hydrogen-bond donors (Lipinski definition) is 0. The fourth-order valence-corrected chi connectivity index (χ4v) is 3.94. The molecular weight excluding hydrogens is 274 g/mol. The zero-order chi connectivity index (χ0) is 13.4. The lowest BCUT2D eigenvalue weighted by Gasteiger charge is -1.97. The summed E-state index contributed by atoms with van der Waals surface area (Å²) in [5, 5.41) is 3.93.